The molecule has 0 fully saturated rings. The second-order valence-corrected chi connectivity index (χ2v) is 7.04. The number of hydrogen-bond donors (Lipinski definition) is 0. The average Bonchev–Trinajstić information content (AvgIpc) is 1.92. The lowest BCUT2D eigenvalue weighted by Crippen LogP contribution is -2.13. The quantitative estimate of drug-likeness (QED) is 0.609. The molecule has 0 radical (unpaired) electrons. The summed E-state index contributed by atoms with van der Waals surface area (Å²) >= 11 is 0. The number of rotatable bonds is 5. The van der Waals surface area contributed by atoms with Crippen molar-refractivity contribution < 1.29 is 4.79 Å². The van der Waals surface area contributed by atoms with Gasteiger partial charge in [0.05, 0.1) is 0 Å². The zero-order valence-corrected chi connectivity index (χ0v) is 11.4. The second kappa shape index (κ2) is 5.67. The summed E-state index contributed by atoms with van der Waals surface area (Å²) in [4.78, 5) is 11.6. The van der Waals surface area contributed by atoms with Crippen LogP contribution in [0.3, 0.4) is 0 Å². The van der Waals surface area contributed by atoms with E-state index < -0.39 is 0 Å². The Bertz CT molecular complexity index is 190. The van der Waals surface area contributed by atoms with E-state index in [1.807, 2.05) is 0 Å². The Morgan fingerprint density at radius 3 is 1.80 bits per heavy atom. The molecule has 0 N–H and O–H groups in total. The molecule has 0 heterocycles. The third-order valence-corrected chi connectivity index (χ3v) is 2.36. The monoisotopic (exact) mass is 212 g/mol. The molecule has 0 bridgehead atoms. The molecule has 0 saturated carbocycles. The topological polar surface area (TPSA) is 17.1 Å². The summed E-state index contributed by atoms with van der Waals surface area (Å²) in [6.07, 6.45) is 4.96. The summed E-state index contributed by atoms with van der Waals surface area (Å²) in [5.74, 6) is 0.427. The van der Waals surface area contributed by atoms with Crippen molar-refractivity contribution in [2.75, 3.05) is 0 Å². The third kappa shape index (κ3) is 11.6. The fourth-order valence-electron chi connectivity index (χ4n) is 1.66. The molecule has 0 spiro atoms. The Morgan fingerprint density at radius 1 is 0.867 bits per heavy atom. The Morgan fingerprint density at radius 2 is 1.40 bits per heavy atom. The van der Waals surface area contributed by atoms with E-state index in [-0.39, 0.29) is 5.41 Å². The van der Waals surface area contributed by atoms with Gasteiger partial charge in [-0.05, 0) is 23.7 Å². The van der Waals surface area contributed by atoms with E-state index in [1.165, 1.54) is 12.8 Å². The maximum absolute atomic E-state index is 11.6. The van der Waals surface area contributed by atoms with E-state index in [9.17, 15) is 4.79 Å². The van der Waals surface area contributed by atoms with Gasteiger partial charge >= 0.3 is 0 Å². The highest BCUT2D eigenvalue weighted by Gasteiger charge is 2.16. The van der Waals surface area contributed by atoms with Gasteiger partial charge in [-0.15, -0.1) is 0 Å². The van der Waals surface area contributed by atoms with Crippen molar-refractivity contribution in [1.82, 2.24) is 0 Å². The van der Waals surface area contributed by atoms with Crippen molar-refractivity contribution in [3.05, 3.63) is 0 Å². The molecule has 90 valence electrons. The zero-order valence-electron chi connectivity index (χ0n) is 11.4. The number of Topliss-reactive ketones (excluding diaryl/α,β-unsaturated/α-hetero) is 1. The minimum absolute atomic E-state index is 0.154. The van der Waals surface area contributed by atoms with Crippen LogP contribution in [0.1, 0.15) is 73.6 Å². The second-order valence-electron chi connectivity index (χ2n) is 7.04. The van der Waals surface area contributed by atoms with Gasteiger partial charge in [0.2, 0.25) is 0 Å². The lowest BCUT2D eigenvalue weighted by atomic mass is 9.87. The molecule has 0 amide bonds. The summed E-state index contributed by atoms with van der Waals surface area (Å²) < 4.78 is 0. The van der Waals surface area contributed by atoms with Crippen LogP contribution < -0.4 is 0 Å². The average molecular weight is 212 g/mol. The Kier molecular flexibility index (Phi) is 5.55. The lowest BCUT2D eigenvalue weighted by Gasteiger charge is -2.18. The normalized spacial score (nSPS) is 12.9. The van der Waals surface area contributed by atoms with Crippen LogP contribution in [-0.2, 0) is 4.79 Å². The van der Waals surface area contributed by atoms with Gasteiger partial charge in [0.1, 0.15) is 5.78 Å². The molecule has 0 aliphatic carbocycles. The number of hydrogen-bond acceptors (Lipinski definition) is 1. The van der Waals surface area contributed by atoms with E-state index in [0.29, 0.717) is 11.2 Å². The van der Waals surface area contributed by atoms with Crippen LogP contribution in [0.5, 0.6) is 0 Å². The molecule has 15 heavy (non-hydrogen) atoms. The molecule has 0 aromatic rings. The van der Waals surface area contributed by atoms with E-state index in [0.717, 1.165) is 19.3 Å². The van der Waals surface area contributed by atoms with Gasteiger partial charge in [-0.25, -0.2) is 0 Å². The molecular formula is C14H28O. The first kappa shape index (κ1) is 14.7. The smallest absolute Gasteiger partial charge is 0.133 e. The molecule has 0 aromatic carbocycles. The van der Waals surface area contributed by atoms with Crippen LogP contribution in [0.2, 0.25) is 0 Å². The summed E-state index contributed by atoms with van der Waals surface area (Å²) in [7, 11) is 0. The SMILES string of the molecule is CC(C)(C)CCCCC(=O)CC(C)(C)C. The maximum Gasteiger partial charge on any atom is 0.133 e. The third-order valence-electron chi connectivity index (χ3n) is 2.36. The van der Waals surface area contributed by atoms with Crippen molar-refractivity contribution in [1.29, 1.82) is 0 Å². The minimum Gasteiger partial charge on any atom is -0.300 e. The van der Waals surface area contributed by atoms with Crippen LogP contribution in [0.25, 0.3) is 0 Å². The lowest BCUT2D eigenvalue weighted by molar-refractivity contribution is -0.120. The van der Waals surface area contributed by atoms with Gasteiger partial charge in [-0.1, -0.05) is 48.0 Å². The predicted octanol–water partition coefficient (Wildman–Crippen LogP) is 4.60. The van der Waals surface area contributed by atoms with Crippen LogP contribution in [0.4, 0.5) is 0 Å². The minimum atomic E-state index is 0.154. The number of carbonyl (C=O) groups is 1. The van der Waals surface area contributed by atoms with Crippen molar-refractivity contribution in [3.8, 4) is 0 Å². The largest absolute Gasteiger partial charge is 0.300 e. The van der Waals surface area contributed by atoms with E-state index in [2.05, 4.69) is 41.5 Å². The molecule has 1 nitrogen and oxygen atoms in total. The molecule has 0 rings (SSSR count). The van der Waals surface area contributed by atoms with Crippen LogP contribution in [-0.4, -0.2) is 5.78 Å². The van der Waals surface area contributed by atoms with E-state index >= 15 is 0 Å². The van der Waals surface area contributed by atoms with Gasteiger partial charge in [0, 0.05) is 12.8 Å². The highest BCUT2D eigenvalue weighted by atomic mass is 16.1. The fourth-order valence-corrected chi connectivity index (χ4v) is 1.66. The number of ketones is 1. The molecule has 0 aromatic heterocycles. The zero-order chi connectivity index (χ0) is 12.1. The summed E-state index contributed by atoms with van der Waals surface area (Å²) in [6, 6.07) is 0. The van der Waals surface area contributed by atoms with Crippen molar-refractivity contribution in [3.63, 3.8) is 0 Å². The first-order chi connectivity index (χ1) is 6.60. The summed E-state index contributed by atoms with van der Waals surface area (Å²) in [5.41, 5.74) is 0.564. The van der Waals surface area contributed by atoms with Crippen LogP contribution in [0.15, 0.2) is 0 Å². The number of carbonyl (C=O) groups excluding carboxylic acids is 1. The standard InChI is InChI=1S/C14H28O/c1-13(2,3)10-8-7-9-12(15)11-14(4,5)6/h7-11H2,1-6H3. The van der Waals surface area contributed by atoms with Gasteiger partial charge in [-0.3, -0.25) is 4.79 Å². The molecule has 0 atom stereocenters. The van der Waals surface area contributed by atoms with E-state index in [4.69, 9.17) is 0 Å². The van der Waals surface area contributed by atoms with Gasteiger partial charge in [-0.2, -0.15) is 0 Å². The number of unbranched alkanes of at least 4 members (excludes halogenated alkanes) is 1. The Hall–Kier alpha value is -0.330. The molecule has 1 heteroatoms. The highest BCUT2D eigenvalue weighted by Crippen LogP contribution is 2.23. The predicted molar refractivity (Wildman–Crippen MR) is 67.0 cm³/mol. The van der Waals surface area contributed by atoms with Crippen molar-refractivity contribution in [2.45, 2.75) is 73.6 Å². The van der Waals surface area contributed by atoms with Gasteiger partial charge in [0.15, 0.2) is 0 Å². The summed E-state index contributed by atoms with van der Waals surface area (Å²) in [5, 5.41) is 0. The van der Waals surface area contributed by atoms with Crippen molar-refractivity contribution in [2.24, 2.45) is 10.8 Å². The van der Waals surface area contributed by atoms with Crippen LogP contribution in [0, 0.1) is 10.8 Å². The Labute approximate surface area is 95.6 Å². The fraction of sp³-hybridized carbons (Fsp3) is 0.929. The molecule has 0 saturated heterocycles. The molecular weight excluding hydrogens is 184 g/mol. The Balaban J connectivity index is 3.57. The van der Waals surface area contributed by atoms with Gasteiger partial charge < -0.3 is 0 Å². The maximum atomic E-state index is 11.6. The van der Waals surface area contributed by atoms with Crippen LogP contribution >= 0.6 is 0 Å². The van der Waals surface area contributed by atoms with E-state index in [1.54, 1.807) is 0 Å². The summed E-state index contributed by atoms with van der Waals surface area (Å²) in [6.45, 7) is 13.1. The molecule has 0 aliphatic rings. The molecule has 0 unspecified atom stereocenters. The first-order valence-corrected chi connectivity index (χ1v) is 6.12. The van der Waals surface area contributed by atoms with Gasteiger partial charge in [0.25, 0.3) is 0 Å². The molecule has 0 aliphatic heterocycles. The first-order valence-electron chi connectivity index (χ1n) is 6.12. The van der Waals surface area contributed by atoms with Crippen molar-refractivity contribution >= 4 is 5.78 Å². The highest BCUT2D eigenvalue weighted by molar-refractivity contribution is 5.78.